The molecule has 0 aromatic carbocycles. The molecule has 1 saturated heterocycles. The molecule has 12 heavy (non-hydrogen) atoms. The molecule has 0 spiro atoms. The first kappa shape index (κ1) is 9.57. The van der Waals surface area contributed by atoms with E-state index < -0.39 is 0 Å². The minimum atomic E-state index is -0.151. The smallest absolute Gasteiger partial charge is 0.0743 e. The molecule has 2 N–H and O–H groups in total. The molecule has 0 atom stereocenters. The first-order valence-electron chi connectivity index (χ1n) is 4.60. The Hall–Kier alpha value is -0.520. The molecule has 68 valence electrons. The zero-order chi connectivity index (χ0) is 9.03. The van der Waals surface area contributed by atoms with E-state index in [1.807, 2.05) is 0 Å². The van der Waals surface area contributed by atoms with Gasteiger partial charge in [-0.25, -0.2) is 0 Å². The molecule has 0 bridgehead atoms. The lowest BCUT2D eigenvalue weighted by atomic mass is 10.0. The topological polar surface area (TPSA) is 24.1 Å². The zero-order valence-corrected chi connectivity index (χ0v) is 7.98. The standard InChI is InChI=1S/C10H18N2/c1-4-10(2,3)12-9-5-7-11-8-6-9/h1,9,11-12H,5-8H2,2-3H3. The molecule has 0 aromatic heterocycles. The van der Waals surface area contributed by atoms with Crippen LogP contribution >= 0.6 is 0 Å². The largest absolute Gasteiger partial charge is 0.317 e. The molecule has 0 saturated carbocycles. The molecule has 1 rings (SSSR count). The fraction of sp³-hybridized carbons (Fsp3) is 0.800. The van der Waals surface area contributed by atoms with Gasteiger partial charge in [0.15, 0.2) is 0 Å². The molecule has 0 unspecified atom stereocenters. The Morgan fingerprint density at radius 2 is 2.00 bits per heavy atom. The highest BCUT2D eigenvalue weighted by atomic mass is 15.0. The summed E-state index contributed by atoms with van der Waals surface area (Å²) in [5.74, 6) is 2.76. The molecule has 0 aliphatic carbocycles. The molecule has 0 amide bonds. The molecule has 1 fully saturated rings. The van der Waals surface area contributed by atoms with Crippen LogP contribution in [0.4, 0.5) is 0 Å². The van der Waals surface area contributed by atoms with Crippen LogP contribution in [0.1, 0.15) is 26.7 Å². The second kappa shape index (κ2) is 3.93. The van der Waals surface area contributed by atoms with Crippen LogP contribution in [0.2, 0.25) is 0 Å². The van der Waals surface area contributed by atoms with Crippen LogP contribution in [-0.2, 0) is 0 Å². The number of rotatable bonds is 2. The lowest BCUT2D eigenvalue weighted by molar-refractivity contribution is 0.332. The average molecular weight is 166 g/mol. The van der Waals surface area contributed by atoms with Gasteiger partial charge in [0.05, 0.1) is 5.54 Å². The SMILES string of the molecule is C#CC(C)(C)NC1CCNCC1. The second-order valence-corrected chi connectivity index (χ2v) is 3.94. The van der Waals surface area contributed by atoms with E-state index in [1.54, 1.807) is 0 Å². The molecule has 1 aliphatic rings. The Balaban J connectivity index is 2.35. The van der Waals surface area contributed by atoms with E-state index >= 15 is 0 Å². The maximum Gasteiger partial charge on any atom is 0.0743 e. The fourth-order valence-corrected chi connectivity index (χ4v) is 1.52. The number of hydrogen-bond donors (Lipinski definition) is 2. The average Bonchev–Trinajstić information content (AvgIpc) is 2.06. The van der Waals surface area contributed by atoms with Gasteiger partial charge in [0, 0.05) is 6.04 Å². The minimum Gasteiger partial charge on any atom is -0.317 e. The summed E-state index contributed by atoms with van der Waals surface area (Å²) < 4.78 is 0. The molecule has 0 radical (unpaired) electrons. The van der Waals surface area contributed by atoms with E-state index in [1.165, 1.54) is 12.8 Å². The van der Waals surface area contributed by atoms with Gasteiger partial charge in [0.25, 0.3) is 0 Å². The first-order valence-corrected chi connectivity index (χ1v) is 4.60. The van der Waals surface area contributed by atoms with E-state index in [9.17, 15) is 0 Å². The number of piperidine rings is 1. The van der Waals surface area contributed by atoms with Crippen molar-refractivity contribution in [2.24, 2.45) is 0 Å². The van der Waals surface area contributed by atoms with Gasteiger partial charge in [-0.1, -0.05) is 5.92 Å². The van der Waals surface area contributed by atoms with E-state index in [0.717, 1.165) is 13.1 Å². The highest BCUT2D eigenvalue weighted by Crippen LogP contribution is 2.08. The maximum atomic E-state index is 5.40. The van der Waals surface area contributed by atoms with Gasteiger partial charge < -0.3 is 5.32 Å². The Bertz CT molecular complexity index is 173. The van der Waals surface area contributed by atoms with Gasteiger partial charge in [-0.3, -0.25) is 5.32 Å². The third-order valence-electron chi connectivity index (χ3n) is 2.26. The van der Waals surface area contributed by atoms with Crippen LogP contribution in [0.5, 0.6) is 0 Å². The van der Waals surface area contributed by atoms with E-state index in [2.05, 4.69) is 30.4 Å². The van der Waals surface area contributed by atoms with E-state index in [4.69, 9.17) is 6.42 Å². The molecule has 1 heterocycles. The number of nitrogens with one attached hydrogen (secondary N) is 2. The summed E-state index contributed by atoms with van der Waals surface area (Å²) in [4.78, 5) is 0. The van der Waals surface area contributed by atoms with Crippen molar-refractivity contribution in [3.05, 3.63) is 0 Å². The van der Waals surface area contributed by atoms with Crippen molar-refractivity contribution >= 4 is 0 Å². The number of terminal acetylenes is 1. The first-order chi connectivity index (χ1) is 5.64. The maximum absolute atomic E-state index is 5.40. The summed E-state index contributed by atoms with van der Waals surface area (Å²) in [6.07, 6.45) is 7.77. The molecule has 2 nitrogen and oxygen atoms in total. The third-order valence-corrected chi connectivity index (χ3v) is 2.26. The summed E-state index contributed by atoms with van der Waals surface area (Å²) in [5.41, 5.74) is -0.151. The lowest BCUT2D eigenvalue weighted by Gasteiger charge is -2.30. The quantitative estimate of drug-likeness (QED) is 0.591. The van der Waals surface area contributed by atoms with Gasteiger partial charge in [-0.15, -0.1) is 6.42 Å². The predicted molar refractivity (Wildman–Crippen MR) is 51.9 cm³/mol. The van der Waals surface area contributed by atoms with Crippen molar-refractivity contribution in [1.29, 1.82) is 0 Å². The number of hydrogen-bond acceptors (Lipinski definition) is 2. The van der Waals surface area contributed by atoms with Crippen molar-refractivity contribution in [2.45, 2.75) is 38.3 Å². The fourth-order valence-electron chi connectivity index (χ4n) is 1.52. The third kappa shape index (κ3) is 2.84. The Kier molecular flexibility index (Phi) is 3.13. The zero-order valence-electron chi connectivity index (χ0n) is 7.98. The summed E-state index contributed by atoms with van der Waals surface area (Å²) in [7, 11) is 0. The molecule has 2 heteroatoms. The van der Waals surface area contributed by atoms with Gasteiger partial charge >= 0.3 is 0 Å². The van der Waals surface area contributed by atoms with Gasteiger partial charge in [0.1, 0.15) is 0 Å². The molecular formula is C10H18N2. The van der Waals surface area contributed by atoms with Crippen molar-refractivity contribution in [3.8, 4) is 12.3 Å². The Labute approximate surface area is 75.1 Å². The minimum absolute atomic E-state index is 0.151. The van der Waals surface area contributed by atoms with Crippen molar-refractivity contribution in [3.63, 3.8) is 0 Å². The highest BCUT2D eigenvalue weighted by Gasteiger charge is 2.20. The Morgan fingerprint density at radius 3 is 2.50 bits per heavy atom. The van der Waals surface area contributed by atoms with Crippen LogP contribution in [0, 0.1) is 12.3 Å². The molecular weight excluding hydrogens is 148 g/mol. The van der Waals surface area contributed by atoms with E-state index in [0.29, 0.717) is 6.04 Å². The van der Waals surface area contributed by atoms with Crippen LogP contribution in [0.15, 0.2) is 0 Å². The van der Waals surface area contributed by atoms with Gasteiger partial charge in [0.2, 0.25) is 0 Å². The van der Waals surface area contributed by atoms with Gasteiger partial charge in [-0.05, 0) is 39.8 Å². The second-order valence-electron chi connectivity index (χ2n) is 3.94. The van der Waals surface area contributed by atoms with E-state index in [-0.39, 0.29) is 5.54 Å². The van der Waals surface area contributed by atoms with Gasteiger partial charge in [-0.2, -0.15) is 0 Å². The summed E-state index contributed by atoms with van der Waals surface area (Å²) in [5, 5.41) is 6.80. The van der Waals surface area contributed by atoms with Crippen molar-refractivity contribution in [1.82, 2.24) is 10.6 Å². The van der Waals surface area contributed by atoms with Crippen molar-refractivity contribution < 1.29 is 0 Å². The molecule has 1 aliphatic heterocycles. The predicted octanol–water partition coefficient (Wildman–Crippen LogP) is 0.740. The highest BCUT2D eigenvalue weighted by molar-refractivity contribution is 5.08. The lowest BCUT2D eigenvalue weighted by Crippen LogP contribution is -2.49. The van der Waals surface area contributed by atoms with Crippen molar-refractivity contribution in [2.75, 3.05) is 13.1 Å². The summed E-state index contributed by atoms with van der Waals surface area (Å²) in [6, 6.07) is 0.595. The molecule has 0 aromatic rings. The van der Waals surface area contributed by atoms with Crippen LogP contribution < -0.4 is 10.6 Å². The normalized spacial score (nSPS) is 20.4. The van der Waals surface area contributed by atoms with Crippen LogP contribution in [0.25, 0.3) is 0 Å². The van der Waals surface area contributed by atoms with Crippen LogP contribution in [-0.4, -0.2) is 24.7 Å². The summed E-state index contributed by atoms with van der Waals surface area (Å²) in [6.45, 7) is 6.32. The Morgan fingerprint density at radius 1 is 1.42 bits per heavy atom. The van der Waals surface area contributed by atoms with Crippen LogP contribution in [0.3, 0.4) is 0 Å². The monoisotopic (exact) mass is 166 g/mol. The summed E-state index contributed by atoms with van der Waals surface area (Å²) >= 11 is 0.